The Bertz CT molecular complexity index is 6170. The summed E-state index contributed by atoms with van der Waals surface area (Å²) in [6.07, 6.45) is 2.29. The molecule has 1 saturated heterocycles. The van der Waals surface area contributed by atoms with Crippen molar-refractivity contribution < 1.29 is 204 Å². The van der Waals surface area contributed by atoms with Crippen molar-refractivity contribution in [1.82, 2.24) is 26.2 Å². The second-order valence-corrected chi connectivity index (χ2v) is 34.9. The number of benzene rings is 13. The zero-order chi connectivity index (χ0) is 97.9. The molecule has 1 fully saturated rings. The van der Waals surface area contributed by atoms with Crippen molar-refractivity contribution in [1.29, 1.82) is 0 Å². The van der Waals surface area contributed by atoms with Gasteiger partial charge in [0.1, 0.15) is 70.6 Å². The molecule has 5 unspecified atom stereocenters. The summed E-state index contributed by atoms with van der Waals surface area (Å²) in [5.41, 5.74) is 5.41. The SMILES string of the molecule is CC.CC1CCCN1Cc1c(NC(=O)NC2CC(CF)(CF)Oc3ccccc32)cccc1-c1ccccc1.O=C(Nc1cccc2cc(NC(=S)Nc3ccccc3)ccc12)NC1CC(CF)(CF)Oc2c[c-]ccc21.O=C(Nc1cccc2cc(NC(=S)Nc3ccccc3)ccc12)NC1CC(CF)(CF)Oc2ccccc21.O=C(Nc1ccccc1)NC1CC(CF)(CF)Oc2ccccc21.[CH3-].[CH3-].[CH3-].[Y].[Y].[Y].[Y]. The van der Waals surface area contributed by atoms with Crippen LogP contribution in [0.5, 0.6) is 23.0 Å². The third kappa shape index (κ3) is 32.0. The normalized spacial score (nSPS) is 16.4. The number of nitrogens with one attached hydrogen (secondary N) is 12. The Morgan fingerprint density at radius 3 is 1.04 bits per heavy atom. The van der Waals surface area contributed by atoms with E-state index in [4.69, 9.17) is 43.4 Å². The molecule has 0 bridgehead atoms. The van der Waals surface area contributed by atoms with Crippen LogP contribution >= 0.6 is 24.4 Å². The van der Waals surface area contributed by atoms with Gasteiger partial charge >= 0.3 is 24.1 Å². The van der Waals surface area contributed by atoms with Crippen LogP contribution in [0.4, 0.5) is 99.8 Å². The number of anilines is 8. The monoisotopic (exact) mass is 2330 g/mol. The zero-order valence-corrected chi connectivity index (χ0v) is 94.9. The molecule has 4 radical (unpaired) electrons. The van der Waals surface area contributed by atoms with Crippen LogP contribution in [0.1, 0.15) is 111 Å². The van der Waals surface area contributed by atoms with Gasteiger partial charge in [-0.2, -0.15) is 18.2 Å². The first kappa shape index (κ1) is 123. The van der Waals surface area contributed by atoms with Gasteiger partial charge < -0.3 is 105 Å². The number of likely N-dealkylation sites (tertiary alicyclic amines) is 1. The van der Waals surface area contributed by atoms with Gasteiger partial charge in [-0.25, -0.2) is 54.3 Å². The maximum atomic E-state index is 13.9. The van der Waals surface area contributed by atoms with E-state index in [-0.39, 0.29) is 179 Å². The van der Waals surface area contributed by atoms with E-state index < -0.39 is 124 Å². The summed E-state index contributed by atoms with van der Waals surface area (Å²) < 4.78 is 132. The summed E-state index contributed by atoms with van der Waals surface area (Å²) >= 11 is 10.8. The number of para-hydroxylation sites is 6. The van der Waals surface area contributed by atoms with E-state index in [1.807, 2.05) is 184 Å². The Balaban J connectivity index is 0.000000261. The van der Waals surface area contributed by atoms with Gasteiger partial charge in [-0.3, -0.25) is 4.90 Å². The van der Waals surface area contributed by atoms with Gasteiger partial charge in [0.15, 0.2) is 32.6 Å². The van der Waals surface area contributed by atoms with Gasteiger partial charge in [0.05, 0.1) is 29.5 Å². The van der Waals surface area contributed by atoms with Crippen molar-refractivity contribution in [2.75, 3.05) is 102 Å². The largest absolute Gasteiger partial charge is 0.540 e. The number of amides is 8. The predicted octanol–water partition coefficient (Wildman–Crippen LogP) is 26.8. The van der Waals surface area contributed by atoms with E-state index in [1.165, 1.54) is 6.07 Å². The van der Waals surface area contributed by atoms with E-state index >= 15 is 0 Å². The maximum Gasteiger partial charge on any atom is 0.319 e. The number of thiocarbonyl (C=S) groups is 2. The van der Waals surface area contributed by atoms with E-state index in [1.54, 1.807) is 109 Å². The molecule has 12 N–H and O–H groups in total. The van der Waals surface area contributed by atoms with Crippen LogP contribution in [0.25, 0.3) is 32.7 Å². The second-order valence-electron chi connectivity index (χ2n) is 34.1. The number of carbonyl (C=O) groups excluding carboxylic acids is 4. The summed E-state index contributed by atoms with van der Waals surface area (Å²) in [5.74, 6) is 1.46. The first-order chi connectivity index (χ1) is 67.6. The number of ether oxygens (including phenoxy) is 4. The molecular formula is C111H117F8N13O8S2Y4-4. The third-order valence-electron chi connectivity index (χ3n) is 24.3. The van der Waals surface area contributed by atoms with Crippen LogP contribution in [0.15, 0.2) is 303 Å². The first-order valence-corrected chi connectivity index (χ1v) is 46.5. The number of nitrogens with zero attached hydrogens (tertiary/aromatic N) is 1. The molecule has 5 heterocycles. The van der Waals surface area contributed by atoms with Crippen LogP contribution in [0, 0.1) is 28.3 Å². The van der Waals surface area contributed by atoms with E-state index in [2.05, 4.69) is 99.9 Å². The molecule has 0 aromatic heterocycles. The molecule has 0 aliphatic carbocycles. The average molecular weight is 2330 g/mol. The van der Waals surface area contributed by atoms with Crippen LogP contribution in [-0.4, -0.2) is 128 Å². The van der Waals surface area contributed by atoms with Crippen molar-refractivity contribution in [3.63, 3.8) is 0 Å². The fourth-order valence-electron chi connectivity index (χ4n) is 17.3. The molecule has 5 aliphatic heterocycles. The van der Waals surface area contributed by atoms with Gasteiger partial charge in [-0.15, -0.1) is 6.07 Å². The van der Waals surface area contributed by atoms with Gasteiger partial charge in [-0.1, -0.05) is 207 Å². The quantitative estimate of drug-likeness (QED) is 0.0162. The van der Waals surface area contributed by atoms with Crippen molar-refractivity contribution in [2.45, 2.75) is 118 Å². The van der Waals surface area contributed by atoms with Crippen molar-refractivity contribution in [2.24, 2.45) is 0 Å². The molecule has 35 heteroatoms. The topological polar surface area (TPSA) is 253 Å². The van der Waals surface area contributed by atoms with Gasteiger partial charge in [0.25, 0.3) is 0 Å². The summed E-state index contributed by atoms with van der Waals surface area (Å²) in [6.45, 7) is 0.0730. The molecule has 5 aliphatic rings. The van der Waals surface area contributed by atoms with Crippen molar-refractivity contribution in [3.8, 4) is 34.1 Å². The van der Waals surface area contributed by atoms with Crippen LogP contribution in [0.2, 0.25) is 0 Å². The van der Waals surface area contributed by atoms with Crippen molar-refractivity contribution in [3.05, 3.63) is 359 Å². The average Bonchev–Trinajstić information content (AvgIpc) is 0.831. The molecule has 0 spiro atoms. The number of fused-ring (bicyclic) bond motifs is 6. The molecular weight excluding hydrogens is 2220 g/mol. The molecule has 758 valence electrons. The summed E-state index contributed by atoms with van der Waals surface area (Å²) in [4.78, 5) is 54.0. The summed E-state index contributed by atoms with van der Waals surface area (Å²) in [6, 6.07) is 91.8. The maximum absolute atomic E-state index is 13.9. The number of alkyl halides is 8. The molecule has 5 atom stereocenters. The Kier molecular flexibility index (Phi) is 49.9. The second kappa shape index (κ2) is 59.3. The Morgan fingerprint density at radius 1 is 0.356 bits per heavy atom. The fourth-order valence-corrected chi connectivity index (χ4v) is 17.8. The summed E-state index contributed by atoms with van der Waals surface area (Å²) in [5, 5.41) is 39.9. The number of urea groups is 4. The van der Waals surface area contributed by atoms with Crippen LogP contribution < -0.4 is 82.7 Å². The standard InChI is InChI=1S/C30H33F2N3O2.C29H26F2N4O2S.C29H25F2N4O2S.C18H18F2N2O2.C2H6.3CH3.4Y/c1-21-9-8-16-35(21)18-25-23(22-10-3-2-4-11-22)13-7-14-26(25)33-29(36)34-27-17-30(19-31,20-32)37-28-15-6-5-12-24(27)28;2*30-17-29(18-31)16-25(23-10-4-5-12-26(23)37-29)35-27(36)34-24-11-6-7-19-15-21(13-14-22(19)24)33-28(38)32-20-8-2-1-3-9-20;19-11-18(12-20)10-15(14-8-4-5-9-16(14)24-18)22-17(23)21-13-6-2-1-3-7-13;1-2;;;;;;;/h2-7,10-15,21,27H,8-9,16-20H2,1H3,(H2,33,34,36);1-15,25H,16-18H2,(H2,32,33,38)(H2,34,35,36);1-4,6-15,25H,16-18H2,(H2,32,33,38)(H2,34,35,36);1-9,15H,10-12H2,(H2,21,22,23);1-2H3;3*1H3;;;;/q;;-1;;;3*-1;;;;. The predicted molar refractivity (Wildman–Crippen MR) is 562 cm³/mol. The molecule has 146 heavy (non-hydrogen) atoms. The Labute approximate surface area is 960 Å². The third-order valence-corrected chi connectivity index (χ3v) is 24.7. The smallest absolute Gasteiger partial charge is 0.319 e. The Hall–Kier alpha value is -10.1. The van der Waals surface area contributed by atoms with E-state index in [9.17, 15) is 54.3 Å². The number of carbonyl (C=O) groups is 4. The minimum atomic E-state index is -1.64. The minimum absolute atomic E-state index is 0. The van der Waals surface area contributed by atoms with Gasteiger partial charge in [0, 0.05) is 242 Å². The molecule has 0 saturated carbocycles. The molecule has 13 aromatic rings. The summed E-state index contributed by atoms with van der Waals surface area (Å²) in [7, 11) is 0. The Morgan fingerprint density at radius 2 is 0.671 bits per heavy atom. The molecule has 18 rings (SSSR count). The molecule has 13 aromatic carbocycles. The van der Waals surface area contributed by atoms with E-state index in [0.717, 1.165) is 92.6 Å². The zero-order valence-electron chi connectivity index (χ0n) is 81.9. The van der Waals surface area contributed by atoms with Crippen molar-refractivity contribution >= 4 is 126 Å². The number of halogens is 8. The molecule has 8 amide bonds. The first-order valence-electron chi connectivity index (χ1n) is 45.7. The van der Waals surface area contributed by atoms with Gasteiger partial charge in [0.2, 0.25) is 0 Å². The van der Waals surface area contributed by atoms with Crippen LogP contribution in [-0.2, 0) is 137 Å². The fraction of sp³-hybridized carbons (Fsp3) is 0.252. The molecule has 21 nitrogen and oxygen atoms in total. The van der Waals surface area contributed by atoms with E-state index in [0.29, 0.717) is 78.6 Å². The van der Waals surface area contributed by atoms with Crippen LogP contribution in [0.3, 0.4) is 0 Å². The number of rotatable bonds is 23. The minimum Gasteiger partial charge on any atom is -0.540 e. The number of hydrogen-bond acceptors (Lipinski definition) is 11. The van der Waals surface area contributed by atoms with Gasteiger partial charge in [-0.05, 0) is 175 Å². The number of hydrogen-bond donors (Lipinski definition) is 12.